The zero-order valence-electron chi connectivity index (χ0n) is 8.68. The first-order chi connectivity index (χ1) is 7.20. The molecule has 80 valence electrons. The molecule has 0 amide bonds. The third kappa shape index (κ3) is 3.64. The number of rotatable bonds is 6. The summed E-state index contributed by atoms with van der Waals surface area (Å²) < 4.78 is 5.30. The number of hydrogen-bond donors (Lipinski definition) is 0. The Bertz CT molecular complexity index is 311. The molecule has 1 aromatic carbocycles. The van der Waals surface area contributed by atoms with Gasteiger partial charge in [-0.1, -0.05) is 30.3 Å². The molecule has 0 saturated heterocycles. The van der Waals surface area contributed by atoms with E-state index in [1.807, 2.05) is 30.3 Å². The van der Waals surface area contributed by atoms with Crippen molar-refractivity contribution in [3.8, 4) is 0 Å². The summed E-state index contributed by atoms with van der Waals surface area (Å²) in [4.78, 5) is 21.2. The van der Waals surface area contributed by atoms with Gasteiger partial charge in [-0.05, 0) is 12.5 Å². The fourth-order valence-electron chi connectivity index (χ4n) is 1.06. The molecule has 1 rings (SSSR count). The highest BCUT2D eigenvalue weighted by atomic mass is 16.5. The Morgan fingerprint density at radius 3 is 2.33 bits per heavy atom. The minimum Gasteiger partial charge on any atom is -0.375 e. The van der Waals surface area contributed by atoms with E-state index in [9.17, 15) is 9.59 Å². The third-order valence-electron chi connectivity index (χ3n) is 2.06. The van der Waals surface area contributed by atoms with Crippen LogP contribution in [0, 0.1) is 5.41 Å². The summed E-state index contributed by atoms with van der Waals surface area (Å²) in [6, 6.07) is 9.61. The Labute approximate surface area is 89.1 Å². The molecule has 0 N–H and O–H groups in total. The maximum atomic E-state index is 10.6. The lowest BCUT2D eigenvalue weighted by Gasteiger charge is -2.14. The van der Waals surface area contributed by atoms with Gasteiger partial charge in [0.1, 0.15) is 18.0 Å². The predicted octanol–water partition coefficient (Wildman–Crippen LogP) is 1.61. The van der Waals surface area contributed by atoms with Crippen LogP contribution in [-0.2, 0) is 20.9 Å². The molecular formula is C12H14O3. The van der Waals surface area contributed by atoms with Gasteiger partial charge < -0.3 is 14.3 Å². The Hall–Kier alpha value is -1.48. The molecule has 15 heavy (non-hydrogen) atoms. The van der Waals surface area contributed by atoms with E-state index in [4.69, 9.17) is 4.74 Å². The molecule has 0 saturated carbocycles. The molecule has 0 fully saturated rings. The third-order valence-corrected chi connectivity index (χ3v) is 2.06. The molecule has 0 aromatic heterocycles. The van der Waals surface area contributed by atoms with E-state index in [2.05, 4.69) is 0 Å². The highest BCUT2D eigenvalue weighted by Gasteiger charge is 2.22. The molecule has 0 unspecified atom stereocenters. The maximum absolute atomic E-state index is 10.6. The van der Waals surface area contributed by atoms with Crippen molar-refractivity contribution in [2.45, 2.75) is 13.5 Å². The van der Waals surface area contributed by atoms with Gasteiger partial charge in [0.15, 0.2) is 0 Å². The number of carbonyl (C=O) groups excluding carboxylic acids is 2. The Morgan fingerprint density at radius 1 is 1.20 bits per heavy atom. The molecule has 3 nitrogen and oxygen atoms in total. The van der Waals surface area contributed by atoms with Crippen LogP contribution in [0.5, 0.6) is 0 Å². The summed E-state index contributed by atoms with van der Waals surface area (Å²) in [5.41, 5.74) is 0.00561. The molecule has 0 radical (unpaired) electrons. The molecule has 0 spiro atoms. The summed E-state index contributed by atoms with van der Waals surface area (Å²) in [6.07, 6.45) is 1.23. The summed E-state index contributed by atoms with van der Waals surface area (Å²) in [5, 5.41) is 0. The first-order valence-electron chi connectivity index (χ1n) is 4.74. The van der Waals surface area contributed by atoms with Crippen molar-refractivity contribution < 1.29 is 14.3 Å². The largest absolute Gasteiger partial charge is 0.375 e. The van der Waals surface area contributed by atoms with Gasteiger partial charge in [-0.25, -0.2) is 0 Å². The first-order valence-corrected chi connectivity index (χ1v) is 4.74. The van der Waals surface area contributed by atoms with E-state index in [1.165, 1.54) is 0 Å². The Morgan fingerprint density at radius 2 is 1.80 bits per heavy atom. The minimum atomic E-state index is -1.02. The van der Waals surface area contributed by atoms with Crippen molar-refractivity contribution in [1.29, 1.82) is 0 Å². The number of aldehydes is 2. The van der Waals surface area contributed by atoms with Crippen LogP contribution >= 0.6 is 0 Å². The topological polar surface area (TPSA) is 43.4 Å². The van der Waals surface area contributed by atoms with Gasteiger partial charge in [0.25, 0.3) is 0 Å². The van der Waals surface area contributed by atoms with Crippen LogP contribution in [-0.4, -0.2) is 19.2 Å². The standard InChI is InChI=1S/C12H14O3/c1-12(8-13,9-14)10-15-7-11-5-3-2-4-6-11/h2-6,8-9H,7,10H2,1H3. The quantitative estimate of drug-likeness (QED) is 0.524. The second kappa shape index (κ2) is 5.41. The van der Waals surface area contributed by atoms with Gasteiger partial charge in [-0.15, -0.1) is 0 Å². The second-order valence-electron chi connectivity index (χ2n) is 3.72. The van der Waals surface area contributed by atoms with Crippen LogP contribution in [0.25, 0.3) is 0 Å². The molecule has 1 aromatic rings. The van der Waals surface area contributed by atoms with Gasteiger partial charge in [-0.2, -0.15) is 0 Å². The highest BCUT2D eigenvalue weighted by Crippen LogP contribution is 2.10. The highest BCUT2D eigenvalue weighted by molar-refractivity contribution is 5.83. The smallest absolute Gasteiger partial charge is 0.135 e. The van der Waals surface area contributed by atoms with Gasteiger partial charge in [0, 0.05) is 0 Å². The molecule has 0 aliphatic rings. The molecule has 0 aliphatic heterocycles. The normalized spacial score (nSPS) is 11.0. The second-order valence-corrected chi connectivity index (χ2v) is 3.72. The summed E-state index contributed by atoms with van der Waals surface area (Å²) in [5.74, 6) is 0. The molecule has 0 aliphatic carbocycles. The summed E-state index contributed by atoms with van der Waals surface area (Å²) in [7, 11) is 0. The fourth-order valence-corrected chi connectivity index (χ4v) is 1.06. The van der Waals surface area contributed by atoms with Crippen LogP contribution in [0.15, 0.2) is 30.3 Å². The lowest BCUT2D eigenvalue weighted by atomic mass is 9.97. The van der Waals surface area contributed by atoms with Crippen molar-refractivity contribution in [1.82, 2.24) is 0 Å². The van der Waals surface area contributed by atoms with Gasteiger partial charge in [0.2, 0.25) is 0 Å². The number of carbonyl (C=O) groups is 2. The van der Waals surface area contributed by atoms with E-state index >= 15 is 0 Å². The Balaban J connectivity index is 2.39. The van der Waals surface area contributed by atoms with Crippen molar-refractivity contribution in [3.05, 3.63) is 35.9 Å². The van der Waals surface area contributed by atoms with Gasteiger partial charge in [0.05, 0.1) is 13.2 Å². The monoisotopic (exact) mass is 206 g/mol. The minimum absolute atomic E-state index is 0.120. The molecule has 0 bridgehead atoms. The summed E-state index contributed by atoms with van der Waals surface area (Å²) in [6.45, 7) is 2.09. The zero-order valence-corrected chi connectivity index (χ0v) is 8.68. The number of hydrogen-bond acceptors (Lipinski definition) is 3. The van der Waals surface area contributed by atoms with E-state index in [1.54, 1.807) is 6.92 Å². The van der Waals surface area contributed by atoms with Crippen LogP contribution in [0.3, 0.4) is 0 Å². The van der Waals surface area contributed by atoms with Crippen LogP contribution in [0.1, 0.15) is 12.5 Å². The molecule has 0 atom stereocenters. The molecule has 0 heterocycles. The van der Waals surface area contributed by atoms with Crippen molar-refractivity contribution in [3.63, 3.8) is 0 Å². The predicted molar refractivity (Wildman–Crippen MR) is 56.3 cm³/mol. The van der Waals surface area contributed by atoms with E-state index in [-0.39, 0.29) is 6.61 Å². The van der Waals surface area contributed by atoms with E-state index in [0.717, 1.165) is 5.56 Å². The van der Waals surface area contributed by atoms with Crippen molar-refractivity contribution in [2.75, 3.05) is 6.61 Å². The van der Waals surface area contributed by atoms with E-state index < -0.39 is 5.41 Å². The van der Waals surface area contributed by atoms with Gasteiger partial charge in [-0.3, -0.25) is 0 Å². The van der Waals surface area contributed by atoms with E-state index in [0.29, 0.717) is 19.2 Å². The molecule has 3 heteroatoms. The van der Waals surface area contributed by atoms with Gasteiger partial charge >= 0.3 is 0 Å². The first kappa shape index (κ1) is 11.6. The summed E-state index contributed by atoms with van der Waals surface area (Å²) >= 11 is 0. The maximum Gasteiger partial charge on any atom is 0.135 e. The average molecular weight is 206 g/mol. The Kier molecular flexibility index (Phi) is 4.18. The zero-order chi connectivity index (χ0) is 11.1. The number of benzene rings is 1. The average Bonchev–Trinajstić information content (AvgIpc) is 2.30. The SMILES string of the molecule is CC(C=O)(C=O)COCc1ccccc1. The fraction of sp³-hybridized carbons (Fsp3) is 0.333. The number of ether oxygens (including phenoxy) is 1. The lowest BCUT2D eigenvalue weighted by molar-refractivity contribution is -0.129. The van der Waals surface area contributed by atoms with Crippen LogP contribution in [0.4, 0.5) is 0 Å². The van der Waals surface area contributed by atoms with Crippen molar-refractivity contribution >= 4 is 12.6 Å². The van der Waals surface area contributed by atoms with Crippen molar-refractivity contribution in [2.24, 2.45) is 5.41 Å². The molecular weight excluding hydrogens is 192 g/mol. The van der Waals surface area contributed by atoms with Crippen LogP contribution in [0.2, 0.25) is 0 Å². The lowest BCUT2D eigenvalue weighted by Crippen LogP contribution is -2.26. The van der Waals surface area contributed by atoms with Crippen LogP contribution < -0.4 is 0 Å².